The fourth-order valence-electron chi connectivity index (χ4n) is 2.64. The zero-order chi connectivity index (χ0) is 20.8. The predicted octanol–water partition coefficient (Wildman–Crippen LogP) is 4.89. The molecule has 0 saturated carbocycles. The molecule has 152 valence electrons. The van der Waals surface area contributed by atoms with Crippen LogP contribution in [0.15, 0.2) is 58.2 Å². The van der Waals surface area contributed by atoms with E-state index in [9.17, 15) is 4.79 Å². The Hall–Kier alpha value is -2.03. The minimum atomic E-state index is -0.285. The number of thioether (sulfide) groups is 1. The summed E-state index contributed by atoms with van der Waals surface area (Å²) in [6.07, 6.45) is 0. The van der Waals surface area contributed by atoms with E-state index in [1.165, 1.54) is 0 Å². The van der Waals surface area contributed by atoms with Crippen molar-refractivity contribution in [1.82, 2.24) is 20.1 Å². The van der Waals surface area contributed by atoms with Crippen LogP contribution in [0, 0.1) is 0 Å². The zero-order valence-corrected chi connectivity index (χ0v) is 19.1. The summed E-state index contributed by atoms with van der Waals surface area (Å²) in [6.45, 7) is 2.42. The van der Waals surface area contributed by atoms with Crippen molar-refractivity contribution < 1.29 is 9.53 Å². The number of nitrogens with one attached hydrogen (secondary N) is 1. The van der Waals surface area contributed by atoms with E-state index >= 15 is 0 Å². The van der Waals surface area contributed by atoms with Gasteiger partial charge in [-0.05, 0) is 59.3 Å². The summed E-state index contributed by atoms with van der Waals surface area (Å²) >= 11 is 10.8. The van der Waals surface area contributed by atoms with E-state index < -0.39 is 0 Å². The molecule has 1 N–H and O–H groups in total. The molecule has 1 heterocycles. The molecule has 0 radical (unpaired) electrons. The van der Waals surface area contributed by atoms with Crippen molar-refractivity contribution in [2.45, 2.75) is 18.1 Å². The Bertz CT molecular complexity index is 981. The van der Waals surface area contributed by atoms with Gasteiger partial charge in [0.2, 0.25) is 0 Å². The summed E-state index contributed by atoms with van der Waals surface area (Å²) in [4.78, 5) is 12.5. The van der Waals surface area contributed by atoms with Gasteiger partial charge in [-0.2, -0.15) is 0 Å². The number of carbonyl (C=O) groups excluding carboxylic acids is 1. The lowest BCUT2D eigenvalue weighted by Gasteiger charge is -2.14. The Morgan fingerprint density at radius 1 is 1.24 bits per heavy atom. The monoisotopic (exact) mass is 494 g/mol. The molecule has 6 nitrogen and oxygen atoms in total. The van der Waals surface area contributed by atoms with Crippen LogP contribution in [-0.4, -0.2) is 33.0 Å². The Labute approximate surface area is 187 Å². The summed E-state index contributed by atoms with van der Waals surface area (Å²) in [6, 6.07) is 14.3. The van der Waals surface area contributed by atoms with Crippen molar-refractivity contribution in [3.63, 3.8) is 0 Å². The molecule has 0 bridgehead atoms. The number of amides is 1. The molecule has 0 aliphatic heterocycles. The average molecular weight is 496 g/mol. The van der Waals surface area contributed by atoms with Gasteiger partial charge in [-0.1, -0.05) is 35.5 Å². The first kappa shape index (κ1) is 21.7. The van der Waals surface area contributed by atoms with Crippen molar-refractivity contribution in [3.05, 3.63) is 69.4 Å². The molecule has 3 aromatic rings. The van der Waals surface area contributed by atoms with Gasteiger partial charge in [0.1, 0.15) is 5.75 Å². The molecule has 0 aliphatic carbocycles. The standard InChI is InChI=1S/C20H20BrClN4O2S/c1-13(23-19(27)16-5-3-4-6-17(16)21)18-24-25-20(26(18)2)29-12-11-28-15-9-7-14(22)8-10-15/h3-10,13H,11-12H2,1-2H3,(H,23,27). The molecule has 0 spiro atoms. The lowest BCUT2D eigenvalue weighted by atomic mass is 10.2. The zero-order valence-electron chi connectivity index (χ0n) is 15.9. The van der Waals surface area contributed by atoms with Gasteiger partial charge in [-0.15, -0.1) is 10.2 Å². The number of benzene rings is 2. The van der Waals surface area contributed by atoms with E-state index in [0.717, 1.165) is 15.4 Å². The Balaban J connectivity index is 1.53. The van der Waals surface area contributed by atoms with Crippen molar-refractivity contribution in [2.24, 2.45) is 7.05 Å². The number of ether oxygens (including phenoxy) is 1. The fourth-order valence-corrected chi connectivity index (χ4v) is 3.96. The average Bonchev–Trinajstić information content (AvgIpc) is 3.07. The Kier molecular flexibility index (Phi) is 7.57. The van der Waals surface area contributed by atoms with Gasteiger partial charge >= 0.3 is 0 Å². The van der Waals surface area contributed by atoms with Crippen LogP contribution >= 0.6 is 39.3 Å². The fraction of sp³-hybridized carbons (Fsp3) is 0.250. The molecule has 1 unspecified atom stereocenters. The quantitative estimate of drug-likeness (QED) is 0.356. The summed E-state index contributed by atoms with van der Waals surface area (Å²) in [5, 5.41) is 12.9. The van der Waals surface area contributed by atoms with E-state index in [-0.39, 0.29) is 11.9 Å². The summed E-state index contributed by atoms with van der Waals surface area (Å²) in [5.41, 5.74) is 0.579. The lowest BCUT2D eigenvalue weighted by Crippen LogP contribution is -2.28. The summed E-state index contributed by atoms with van der Waals surface area (Å²) < 4.78 is 8.33. The van der Waals surface area contributed by atoms with E-state index in [1.807, 2.05) is 48.9 Å². The topological polar surface area (TPSA) is 69.0 Å². The third kappa shape index (κ3) is 5.74. The van der Waals surface area contributed by atoms with Crippen molar-refractivity contribution >= 4 is 45.2 Å². The van der Waals surface area contributed by atoms with Gasteiger partial charge in [0, 0.05) is 22.3 Å². The van der Waals surface area contributed by atoms with Gasteiger partial charge in [0.25, 0.3) is 5.91 Å². The van der Waals surface area contributed by atoms with Crippen LogP contribution in [0.2, 0.25) is 5.02 Å². The first-order chi connectivity index (χ1) is 14.0. The molecule has 2 aromatic carbocycles. The van der Waals surface area contributed by atoms with Crippen LogP contribution in [0.25, 0.3) is 0 Å². The van der Waals surface area contributed by atoms with Crippen LogP contribution in [0.5, 0.6) is 5.75 Å². The van der Waals surface area contributed by atoms with Crippen LogP contribution in [0.1, 0.15) is 29.1 Å². The van der Waals surface area contributed by atoms with Crippen LogP contribution in [0.4, 0.5) is 0 Å². The third-order valence-corrected chi connectivity index (χ3v) is 6.05. The smallest absolute Gasteiger partial charge is 0.253 e. The maximum absolute atomic E-state index is 12.5. The molecule has 1 aromatic heterocycles. The highest BCUT2D eigenvalue weighted by molar-refractivity contribution is 9.10. The summed E-state index contributed by atoms with van der Waals surface area (Å²) in [7, 11) is 1.89. The number of halogens is 2. The Morgan fingerprint density at radius 3 is 2.69 bits per heavy atom. The molecule has 9 heteroatoms. The SMILES string of the molecule is CC(NC(=O)c1ccccc1Br)c1nnc(SCCOc2ccc(Cl)cc2)n1C. The highest BCUT2D eigenvalue weighted by Crippen LogP contribution is 2.21. The molecule has 1 atom stereocenters. The van der Waals surface area contributed by atoms with Crippen molar-refractivity contribution in [3.8, 4) is 5.75 Å². The molecule has 3 rings (SSSR count). The van der Waals surface area contributed by atoms with Gasteiger partial charge in [0.05, 0.1) is 18.2 Å². The molecular weight excluding hydrogens is 476 g/mol. The van der Waals surface area contributed by atoms with Crippen LogP contribution < -0.4 is 10.1 Å². The first-order valence-corrected chi connectivity index (χ1v) is 11.1. The van der Waals surface area contributed by atoms with Crippen LogP contribution in [-0.2, 0) is 7.05 Å². The molecule has 0 saturated heterocycles. The Morgan fingerprint density at radius 2 is 1.97 bits per heavy atom. The van der Waals surface area contributed by atoms with Crippen molar-refractivity contribution in [1.29, 1.82) is 0 Å². The number of hydrogen-bond acceptors (Lipinski definition) is 5. The number of aromatic nitrogens is 3. The molecule has 29 heavy (non-hydrogen) atoms. The highest BCUT2D eigenvalue weighted by Gasteiger charge is 2.19. The number of rotatable bonds is 8. The largest absolute Gasteiger partial charge is 0.493 e. The second kappa shape index (κ2) is 10.1. The van der Waals surface area contributed by atoms with Gasteiger partial charge in [-0.25, -0.2) is 0 Å². The minimum absolute atomic E-state index is 0.168. The second-order valence-corrected chi connectivity index (χ2v) is 8.58. The maximum Gasteiger partial charge on any atom is 0.253 e. The molecule has 1 amide bonds. The highest BCUT2D eigenvalue weighted by atomic mass is 79.9. The van der Waals surface area contributed by atoms with E-state index in [0.29, 0.717) is 28.8 Å². The number of carbonyl (C=O) groups is 1. The lowest BCUT2D eigenvalue weighted by molar-refractivity contribution is 0.0937. The second-order valence-electron chi connectivity index (χ2n) is 6.23. The molecule has 0 fully saturated rings. The normalized spacial score (nSPS) is 11.9. The predicted molar refractivity (Wildman–Crippen MR) is 119 cm³/mol. The number of hydrogen-bond donors (Lipinski definition) is 1. The van der Waals surface area contributed by atoms with Crippen molar-refractivity contribution in [2.75, 3.05) is 12.4 Å². The minimum Gasteiger partial charge on any atom is -0.493 e. The van der Waals surface area contributed by atoms with E-state index in [4.69, 9.17) is 16.3 Å². The maximum atomic E-state index is 12.5. The van der Waals surface area contributed by atoms with Gasteiger partial charge in [0.15, 0.2) is 11.0 Å². The molecule has 0 aliphatic rings. The van der Waals surface area contributed by atoms with Gasteiger partial charge < -0.3 is 14.6 Å². The van der Waals surface area contributed by atoms with Gasteiger partial charge in [-0.3, -0.25) is 4.79 Å². The summed E-state index contributed by atoms with van der Waals surface area (Å²) in [5.74, 6) is 2.01. The van der Waals surface area contributed by atoms with E-state index in [1.54, 1.807) is 30.0 Å². The first-order valence-electron chi connectivity index (χ1n) is 8.91. The van der Waals surface area contributed by atoms with Crippen LogP contribution in [0.3, 0.4) is 0 Å². The third-order valence-electron chi connectivity index (χ3n) is 4.12. The molecular formula is C20H20BrClN4O2S. The number of nitrogens with zero attached hydrogens (tertiary/aromatic N) is 3. The van der Waals surface area contributed by atoms with E-state index in [2.05, 4.69) is 31.4 Å².